The molecule has 3 heteroatoms. The maximum Gasteiger partial charge on any atom is 0.139 e. The van der Waals surface area contributed by atoms with Gasteiger partial charge in [0.05, 0.1) is 0 Å². The van der Waals surface area contributed by atoms with Crippen molar-refractivity contribution in [1.29, 1.82) is 0 Å². The van der Waals surface area contributed by atoms with Crippen molar-refractivity contribution in [3.63, 3.8) is 0 Å². The molecule has 1 aliphatic rings. The Kier molecular flexibility index (Phi) is 4.39. The van der Waals surface area contributed by atoms with Gasteiger partial charge in [0.25, 0.3) is 0 Å². The van der Waals surface area contributed by atoms with Crippen molar-refractivity contribution in [3.05, 3.63) is 41.7 Å². The molecule has 0 saturated heterocycles. The van der Waals surface area contributed by atoms with Gasteiger partial charge in [0.15, 0.2) is 0 Å². The van der Waals surface area contributed by atoms with E-state index in [0.29, 0.717) is 6.04 Å². The zero-order chi connectivity index (χ0) is 14.7. The average Bonchev–Trinajstić information content (AvgIpc) is 3.11. The van der Waals surface area contributed by atoms with Crippen LogP contribution < -0.4 is 5.32 Å². The number of nitrogens with zero attached hydrogens (tertiary/aromatic N) is 2. The Hall–Kier alpha value is -1.61. The molecule has 0 amide bonds. The smallest absolute Gasteiger partial charge is 0.139 e. The van der Waals surface area contributed by atoms with Crippen molar-refractivity contribution in [2.75, 3.05) is 6.54 Å². The zero-order valence-corrected chi connectivity index (χ0v) is 13.1. The lowest BCUT2D eigenvalue weighted by Gasteiger charge is -2.14. The van der Waals surface area contributed by atoms with E-state index in [-0.39, 0.29) is 0 Å². The summed E-state index contributed by atoms with van der Waals surface area (Å²) in [7, 11) is 0. The number of aryl methyl sites for hydroxylation is 2. The number of hydrogen-bond acceptors (Lipinski definition) is 2. The highest BCUT2D eigenvalue weighted by molar-refractivity contribution is 5.59. The second-order valence-electron chi connectivity index (χ2n) is 5.90. The monoisotopic (exact) mass is 283 g/mol. The van der Waals surface area contributed by atoms with Crippen LogP contribution in [0.25, 0.3) is 11.4 Å². The maximum atomic E-state index is 4.55. The molecule has 0 radical (unpaired) electrons. The number of fused-ring (bicyclic) bond motifs is 1. The Morgan fingerprint density at radius 2 is 2.19 bits per heavy atom. The van der Waals surface area contributed by atoms with E-state index in [4.69, 9.17) is 0 Å². The molecular weight excluding hydrogens is 258 g/mol. The minimum Gasteiger partial charge on any atom is -0.331 e. The number of imidazole rings is 1. The Morgan fingerprint density at radius 1 is 1.29 bits per heavy atom. The molecule has 1 aromatic heterocycles. The molecule has 1 atom stereocenters. The van der Waals surface area contributed by atoms with Gasteiger partial charge in [0, 0.05) is 30.5 Å². The summed E-state index contributed by atoms with van der Waals surface area (Å²) in [6, 6.07) is 7.43. The lowest BCUT2D eigenvalue weighted by molar-refractivity contribution is 0.529. The van der Waals surface area contributed by atoms with E-state index in [0.717, 1.165) is 25.3 Å². The molecule has 1 unspecified atom stereocenters. The third-order valence-electron chi connectivity index (χ3n) is 4.30. The van der Waals surface area contributed by atoms with Gasteiger partial charge in [-0.25, -0.2) is 4.98 Å². The topological polar surface area (TPSA) is 29.9 Å². The summed E-state index contributed by atoms with van der Waals surface area (Å²) in [6.45, 7) is 6.57. The van der Waals surface area contributed by atoms with Crippen LogP contribution in [0.1, 0.15) is 50.3 Å². The first-order valence-electron chi connectivity index (χ1n) is 8.21. The summed E-state index contributed by atoms with van der Waals surface area (Å²) >= 11 is 0. The van der Waals surface area contributed by atoms with Crippen molar-refractivity contribution in [3.8, 4) is 11.4 Å². The van der Waals surface area contributed by atoms with Crippen LogP contribution in [-0.2, 0) is 13.0 Å². The first-order valence-corrected chi connectivity index (χ1v) is 8.21. The summed E-state index contributed by atoms with van der Waals surface area (Å²) in [6.07, 6.45) is 8.72. The Morgan fingerprint density at radius 3 is 3.00 bits per heavy atom. The molecule has 2 aromatic rings. The van der Waals surface area contributed by atoms with E-state index in [2.05, 4.69) is 53.1 Å². The number of aromatic nitrogens is 2. The molecular formula is C18H25N3. The van der Waals surface area contributed by atoms with Gasteiger partial charge in [-0.3, -0.25) is 0 Å². The fourth-order valence-electron chi connectivity index (χ4n) is 3.28. The molecule has 1 aromatic carbocycles. The van der Waals surface area contributed by atoms with Crippen LogP contribution in [-0.4, -0.2) is 16.1 Å². The average molecular weight is 283 g/mol. The van der Waals surface area contributed by atoms with Crippen molar-refractivity contribution in [1.82, 2.24) is 14.9 Å². The molecule has 3 rings (SSSR count). The lowest BCUT2D eigenvalue weighted by atomic mass is 10.0. The SMILES string of the molecule is CCCNC1CCc2cc(-c3nccn3CCC)ccc21. The molecule has 1 N–H and O–H groups in total. The first-order chi connectivity index (χ1) is 10.3. The van der Waals surface area contributed by atoms with Crippen molar-refractivity contribution >= 4 is 0 Å². The van der Waals surface area contributed by atoms with Crippen LogP contribution >= 0.6 is 0 Å². The molecule has 1 aliphatic carbocycles. The van der Waals surface area contributed by atoms with Crippen LogP contribution in [0.15, 0.2) is 30.6 Å². The van der Waals surface area contributed by atoms with E-state index >= 15 is 0 Å². The zero-order valence-electron chi connectivity index (χ0n) is 13.1. The molecule has 1 heterocycles. The number of nitrogens with one attached hydrogen (secondary N) is 1. The second kappa shape index (κ2) is 6.44. The second-order valence-corrected chi connectivity index (χ2v) is 5.90. The Balaban J connectivity index is 1.85. The van der Waals surface area contributed by atoms with Crippen LogP contribution in [0.4, 0.5) is 0 Å². The van der Waals surface area contributed by atoms with Gasteiger partial charge in [-0.1, -0.05) is 26.0 Å². The fraction of sp³-hybridized carbons (Fsp3) is 0.500. The fourth-order valence-corrected chi connectivity index (χ4v) is 3.28. The van der Waals surface area contributed by atoms with Gasteiger partial charge in [-0.15, -0.1) is 0 Å². The molecule has 0 bridgehead atoms. The third-order valence-corrected chi connectivity index (χ3v) is 4.30. The number of benzene rings is 1. The highest BCUT2D eigenvalue weighted by atomic mass is 15.1. The van der Waals surface area contributed by atoms with E-state index in [1.165, 1.54) is 36.0 Å². The molecule has 0 spiro atoms. The minimum absolute atomic E-state index is 0.546. The van der Waals surface area contributed by atoms with E-state index in [1.54, 1.807) is 0 Å². The first kappa shape index (κ1) is 14.3. The molecule has 112 valence electrons. The normalized spacial score (nSPS) is 17.1. The number of hydrogen-bond donors (Lipinski definition) is 1. The summed E-state index contributed by atoms with van der Waals surface area (Å²) in [5.74, 6) is 1.10. The summed E-state index contributed by atoms with van der Waals surface area (Å²) in [4.78, 5) is 4.55. The van der Waals surface area contributed by atoms with Crippen LogP contribution in [0.2, 0.25) is 0 Å². The van der Waals surface area contributed by atoms with Crippen molar-refractivity contribution < 1.29 is 0 Å². The largest absolute Gasteiger partial charge is 0.331 e. The molecule has 0 aliphatic heterocycles. The van der Waals surface area contributed by atoms with Gasteiger partial charge in [0.2, 0.25) is 0 Å². The Labute approximate surface area is 127 Å². The minimum atomic E-state index is 0.546. The molecule has 0 saturated carbocycles. The van der Waals surface area contributed by atoms with Crippen LogP contribution in [0, 0.1) is 0 Å². The number of rotatable bonds is 6. The van der Waals surface area contributed by atoms with Gasteiger partial charge in [-0.05, 0) is 49.4 Å². The summed E-state index contributed by atoms with van der Waals surface area (Å²) in [5, 5.41) is 3.65. The molecule has 21 heavy (non-hydrogen) atoms. The summed E-state index contributed by atoms with van der Waals surface area (Å²) in [5.41, 5.74) is 4.23. The van der Waals surface area contributed by atoms with E-state index in [1.807, 2.05) is 6.20 Å². The highest BCUT2D eigenvalue weighted by Crippen LogP contribution is 2.33. The van der Waals surface area contributed by atoms with Gasteiger partial charge in [-0.2, -0.15) is 0 Å². The van der Waals surface area contributed by atoms with E-state index in [9.17, 15) is 0 Å². The van der Waals surface area contributed by atoms with Crippen molar-refractivity contribution in [2.45, 2.75) is 52.1 Å². The standard InChI is InChI=1S/C18H25N3/c1-3-9-19-17-8-6-14-13-15(5-7-16(14)17)18-20-10-12-21(18)11-4-2/h5,7,10,12-13,17,19H,3-4,6,8-9,11H2,1-2H3. The third kappa shape index (κ3) is 2.88. The summed E-state index contributed by atoms with van der Waals surface area (Å²) < 4.78 is 2.25. The van der Waals surface area contributed by atoms with Gasteiger partial charge in [0.1, 0.15) is 5.82 Å². The van der Waals surface area contributed by atoms with Crippen LogP contribution in [0.5, 0.6) is 0 Å². The molecule has 3 nitrogen and oxygen atoms in total. The van der Waals surface area contributed by atoms with Gasteiger partial charge < -0.3 is 9.88 Å². The predicted octanol–water partition coefficient (Wildman–Crippen LogP) is 3.95. The van der Waals surface area contributed by atoms with Crippen LogP contribution in [0.3, 0.4) is 0 Å². The van der Waals surface area contributed by atoms with Crippen molar-refractivity contribution in [2.24, 2.45) is 0 Å². The molecule has 0 fully saturated rings. The quantitative estimate of drug-likeness (QED) is 0.870. The Bertz CT molecular complexity index is 600. The van der Waals surface area contributed by atoms with Gasteiger partial charge >= 0.3 is 0 Å². The maximum absolute atomic E-state index is 4.55. The predicted molar refractivity (Wildman–Crippen MR) is 87.3 cm³/mol. The lowest BCUT2D eigenvalue weighted by Crippen LogP contribution is -2.19. The van der Waals surface area contributed by atoms with E-state index < -0.39 is 0 Å². The highest BCUT2D eigenvalue weighted by Gasteiger charge is 2.22.